The predicted octanol–water partition coefficient (Wildman–Crippen LogP) is 3.09. The van der Waals surface area contributed by atoms with Crippen molar-refractivity contribution in [3.63, 3.8) is 0 Å². The average molecular weight is 264 g/mol. The quantitative estimate of drug-likeness (QED) is 0.822. The molecule has 0 aromatic heterocycles. The fourth-order valence-electron chi connectivity index (χ4n) is 1.43. The summed E-state index contributed by atoms with van der Waals surface area (Å²) in [5, 5.41) is 2.86. The van der Waals surface area contributed by atoms with Crippen LogP contribution in [0.3, 0.4) is 0 Å². The standard InChI is InChI=1S/C14H20N2OS/c1-14(2,3)9-8-12(17)16-11-6-4-10(5-7-11)13(15)18/h4-7H,8-9H2,1-3H3,(H2,15,18)(H,16,17). The van der Waals surface area contributed by atoms with Gasteiger partial charge in [0, 0.05) is 17.7 Å². The number of nitrogens with two attached hydrogens (primary N) is 1. The molecule has 0 radical (unpaired) electrons. The lowest BCUT2D eigenvalue weighted by atomic mass is 9.90. The van der Waals surface area contributed by atoms with Crippen LogP contribution in [0.1, 0.15) is 39.2 Å². The second-order valence-corrected chi connectivity index (χ2v) is 5.99. The van der Waals surface area contributed by atoms with Gasteiger partial charge < -0.3 is 11.1 Å². The molecule has 0 unspecified atom stereocenters. The summed E-state index contributed by atoms with van der Waals surface area (Å²) in [7, 11) is 0. The summed E-state index contributed by atoms with van der Waals surface area (Å²) in [6, 6.07) is 7.23. The molecule has 1 aromatic carbocycles. The van der Waals surface area contributed by atoms with Gasteiger partial charge in [-0.2, -0.15) is 0 Å². The molecule has 0 bridgehead atoms. The first-order valence-electron chi connectivity index (χ1n) is 5.98. The number of hydrogen-bond donors (Lipinski definition) is 2. The molecule has 1 aromatic rings. The molecule has 1 amide bonds. The molecule has 1 rings (SSSR count). The summed E-state index contributed by atoms with van der Waals surface area (Å²) in [4.78, 5) is 12.1. The van der Waals surface area contributed by atoms with Crippen LogP contribution in [0, 0.1) is 5.41 Å². The van der Waals surface area contributed by atoms with Crippen molar-refractivity contribution in [3.8, 4) is 0 Å². The van der Waals surface area contributed by atoms with Crippen LogP contribution in [0.2, 0.25) is 0 Å². The van der Waals surface area contributed by atoms with E-state index in [1.807, 2.05) is 24.3 Å². The topological polar surface area (TPSA) is 55.1 Å². The third kappa shape index (κ3) is 5.27. The van der Waals surface area contributed by atoms with Crippen LogP contribution in [0.4, 0.5) is 5.69 Å². The minimum Gasteiger partial charge on any atom is -0.389 e. The molecular weight excluding hydrogens is 244 g/mol. The van der Waals surface area contributed by atoms with Crippen LogP contribution in [0.25, 0.3) is 0 Å². The van der Waals surface area contributed by atoms with Gasteiger partial charge >= 0.3 is 0 Å². The Kier molecular flexibility index (Phi) is 4.84. The monoisotopic (exact) mass is 264 g/mol. The van der Waals surface area contributed by atoms with Crippen molar-refractivity contribution >= 4 is 28.8 Å². The van der Waals surface area contributed by atoms with E-state index in [9.17, 15) is 4.79 Å². The number of amides is 1. The highest BCUT2D eigenvalue weighted by Gasteiger charge is 2.12. The lowest BCUT2D eigenvalue weighted by Gasteiger charge is -2.17. The highest BCUT2D eigenvalue weighted by molar-refractivity contribution is 7.80. The molecule has 0 aliphatic carbocycles. The Morgan fingerprint density at radius 2 is 1.83 bits per heavy atom. The average Bonchev–Trinajstić information content (AvgIpc) is 2.26. The van der Waals surface area contributed by atoms with Gasteiger partial charge in [0.1, 0.15) is 4.99 Å². The minimum atomic E-state index is 0.0352. The zero-order valence-electron chi connectivity index (χ0n) is 11.1. The molecule has 18 heavy (non-hydrogen) atoms. The highest BCUT2D eigenvalue weighted by Crippen LogP contribution is 2.21. The number of carbonyl (C=O) groups is 1. The second kappa shape index (κ2) is 5.96. The van der Waals surface area contributed by atoms with E-state index in [2.05, 4.69) is 26.1 Å². The second-order valence-electron chi connectivity index (χ2n) is 5.55. The summed E-state index contributed by atoms with van der Waals surface area (Å²) in [5.74, 6) is 0.0352. The van der Waals surface area contributed by atoms with Crippen molar-refractivity contribution in [2.24, 2.45) is 11.1 Å². The van der Waals surface area contributed by atoms with Gasteiger partial charge in [-0.3, -0.25) is 4.79 Å². The third-order valence-electron chi connectivity index (χ3n) is 2.56. The van der Waals surface area contributed by atoms with Crippen LogP contribution in [0.5, 0.6) is 0 Å². The van der Waals surface area contributed by atoms with Gasteiger partial charge in [0.2, 0.25) is 5.91 Å². The summed E-state index contributed by atoms with van der Waals surface area (Å²) in [6.07, 6.45) is 1.39. The Morgan fingerprint density at radius 3 is 2.28 bits per heavy atom. The van der Waals surface area contributed by atoms with Crippen LogP contribution in [-0.2, 0) is 4.79 Å². The summed E-state index contributed by atoms with van der Waals surface area (Å²) >= 11 is 4.87. The van der Waals surface area contributed by atoms with Gasteiger partial charge in [-0.25, -0.2) is 0 Å². The SMILES string of the molecule is CC(C)(C)CCC(=O)Nc1ccc(C(N)=S)cc1. The lowest BCUT2D eigenvalue weighted by molar-refractivity contribution is -0.116. The van der Waals surface area contributed by atoms with Crippen molar-refractivity contribution in [2.45, 2.75) is 33.6 Å². The number of hydrogen-bond acceptors (Lipinski definition) is 2. The zero-order valence-corrected chi connectivity index (χ0v) is 11.9. The summed E-state index contributed by atoms with van der Waals surface area (Å²) < 4.78 is 0. The minimum absolute atomic E-state index is 0.0352. The van der Waals surface area contributed by atoms with Crippen LogP contribution < -0.4 is 11.1 Å². The van der Waals surface area contributed by atoms with Gasteiger partial charge in [0.25, 0.3) is 0 Å². The fraction of sp³-hybridized carbons (Fsp3) is 0.429. The number of carbonyl (C=O) groups excluding carboxylic acids is 1. The first-order valence-corrected chi connectivity index (χ1v) is 6.38. The normalized spacial score (nSPS) is 11.1. The molecule has 0 saturated heterocycles. The summed E-state index contributed by atoms with van der Waals surface area (Å²) in [6.45, 7) is 6.37. The molecule has 0 spiro atoms. The van der Waals surface area contributed by atoms with Crippen molar-refractivity contribution in [1.82, 2.24) is 0 Å². The Bertz CT molecular complexity index is 432. The third-order valence-corrected chi connectivity index (χ3v) is 2.79. The zero-order chi connectivity index (χ0) is 13.8. The van der Waals surface area contributed by atoms with E-state index in [0.29, 0.717) is 11.4 Å². The van der Waals surface area contributed by atoms with Gasteiger partial charge in [0.05, 0.1) is 0 Å². The van der Waals surface area contributed by atoms with Gasteiger partial charge in [-0.15, -0.1) is 0 Å². The predicted molar refractivity (Wildman–Crippen MR) is 79.6 cm³/mol. The highest BCUT2D eigenvalue weighted by atomic mass is 32.1. The lowest BCUT2D eigenvalue weighted by Crippen LogP contribution is -2.15. The molecule has 0 heterocycles. The Labute approximate surface area is 114 Å². The Morgan fingerprint density at radius 1 is 1.28 bits per heavy atom. The van der Waals surface area contributed by atoms with E-state index in [-0.39, 0.29) is 11.3 Å². The molecule has 0 fully saturated rings. The number of nitrogens with one attached hydrogen (secondary N) is 1. The number of anilines is 1. The fourth-order valence-corrected chi connectivity index (χ4v) is 1.57. The van der Waals surface area contributed by atoms with E-state index in [4.69, 9.17) is 18.0 Å². The maximum atomic E-state index is 11.7. The largest absolute Gasteiger partial charge is 0.389 e. The molecule has 4 heteroatoms. The van der Waals surface area contributed by atoms with E-state index in [1.165, 1.54) is 0 Å². The maximum Gasteiger partial charge on any atom is 0.224 e. The molecule has 0 aliphatic heterocycles. The van der Waals surface area contributed by atoms with Gasteiger partial charge in [-0.1, -0.05) is 33.0 Å². The van der Waals surface area contributed by atoms with E-state index < -0.39 is 0 Å². The van der Waals surface area contributed by atoms with E-state index in [0.717, 1.165) is 17.7 Å². The van der Waals surface area contributed by atoms with Crippen molar-refractivity contribution in [3.05, 3.63) is 29.8 Å². The Balaban J connectivity index is 2.52. The smallest absolute Gasteiger partial charge is 0.224 e. The molecule has 3 N–H and O–H groups in total. The molecular formula is C14H20N2OS. The number of rotatable bonds is 4. The van der Waals surface area contributed by atoms with Crippen LogP contribution in [-0.4, -0.2) is 10.9 Å². The molecule has 3 nitrogen and oxygen atoms in total. The first kappa shape index (κ1) is 14.6. The van der Waals surface area contributed by atoms with E-state index in [1.54, 1.807) is 0 Å². The van der Waals surface area contributed by atoms with Crippen molar-refractivity contribution < 1.29 is 4.79 Å². The van der Waals surface area contributed by atoms with E-state index >= 15 is 0 Å². The molecule has 0 atom stereocenters. The van der Waals surface area contributed by atoms with Gasteiger partial charge in [0.15, 0.2) is 0 Å². The molecule has 98 valence electrons. The van der Waals surface area contributed by atoms with Crippen LogP contribution in [0.15, 0.2) is 24.3 Å². The van der Waals surface area contributed by atoms with Crippen molar-refractivity contribution in [2.75, 3.05) is 5.32 Å². The van der Waals surface area contributed by atoms with Crippen molar-refractivity contribution in [1.29, 1.82) is 0 Å². The van der Waals surface area contributed by atoms with Crippen LogP contribution >= 0.6 is 12.2 Å². The molecule has 0 aliphatic rings. The number of benzene rings is 1. The first-order chi connectivity index (χ1) is 8.28. The summed E-state index contributed by atoms with van der Waals surface area (Å²) in [5.41, 5.74) is 7.25. The van der Waals surface area contributed by atoms with Gasteiger partial charge in [-0.05, 0) is 36.1 Å². The Hall–Kier alpha value is -1.42. The maximum absolute atomic E-state index is 11.7. The molecule has 0 saturated carbocycles. The number of thiocarbonyl (C=S) groups is 1.